The average molecular weight is 287 g/mol. The van der Waals surface area contributed by atoms with E-state index in [-0.39, 0.29) is 25.3 Å². The predicted molar refractivity (Wildman–Crippen MR) is 78.9 cm³/mol. The molecule has 0 radical (unpaired) electrons. The summed E-state index contributed by atoms with van der Waals surface area (Å²) in [4.78, 5) is 22.2. The molecule has 5 nitrogen and oxygen atoms in total. The van der Waals surface area contributed by atoms with Gasteiger partial charge in [0.2, 0.25) is 5.91 Å². The first-order chi connectivity index (χ1) is 10.1. The second kappa shape index (κ2) is 6.85. The van der Waals surface area contributed by atoms with Gasteiger partial charge >= 0.3 is 5.97 Å². The summed E-state index contributed by atoms with van der Waals surface area (Å²) in [5.41, 5.74) is 0.894. The maximum atomic E-state index is 11.8. The third kappa shape index (κ3) is 4.29. The van der Waals surface area contributed by atoms with Crippen molar-refractivity contribution in [1.82, 2.24) is 5.32 Å². The van der Waals surface area contributed by atoms with Crippen LogP contribution in [-0.4, -0.2) is 34.7 Å². The molecule has 1 unspecified atom stereocenters. The Morgan fingerprint density at radius 1 is 1.10 bits per heavy atom. The van der Waals surface area contributed by atoms with E-state index >= 15 is 0 Å². The van der Waals surface area contributed by atoms with Crippen LogP contribution in [-0.2, 0) is 16.0 Å². The number of rotatable bonds is 6. The summed E-state index contributed by atoms with van der Waals surface area (Å²) >= 11 is 0. The molecule has 0 heterocycles. The van der Waals surface area contributed by atoms with Gasteiger partial charge in [0, 0.05) is 13.0 Å². The molecule has 0 aliphatic heterocycles. The Labute approximate surface area is 122 Å². The van der Waals surface area contributed by atoms with Gasteiger partial charge in [0.15, 0.2) is 6.10 Å². The minimum absolute atomic E-state index is 0.00120. The molecule has 2 aromatic carbocycles. The highest BCUT2D eigenvalue weighted by Gasteiger charge is 2.13. The van der Waals surface area contributed by atoms with Crippen LogP contribution in [0.15, 0.2) is 42.5 Å². The molecule has 110 valence electrons. The number of benzene rings is 2. The first-order valence-electron chi connectivity index (χ1n) is 6.71. The zero-order valence-electron chi connectivity index (χ0n) is 11.5. The van der Waals surface area contributed by atoms with Gasteiger partial charge in [-0.15, -0.1) is 0 Å². The van der Waals surface area contributed by atoms with Crippen molar-refractivity contribution in [2.75, 3.05) is 6.54 Å². The van der Waals surface area contributed by atoms with Crippen molar-refractivity contribution in [3.05, 3.63) is 48.0 Å². The lowest BCUT2D eigenvalue weighted by atomic mass is 10.0. The van der Waals surface area contributed by atoms with E-state index in [0.29, 0.717) is 0 Å². The van der Waals surface area contributed by atoms with Gasteiger partial charge in [0.05, 0.1) is 6.42 Å². The Morgan fingerprint density at radius 2 is 1.81 bits per heavy atom. The third-order valence-electron chi connectivity index (χ3n) is 3.20. The zero-order chi connectivity index (χ0) is 15.2. The number of carboxylic acids is 1. The molecular weight excluding hydrogens is 270 g/mol. The smallest absolute Gasteiger partial charge is 0.332 e. The lowest BCUT2D eigenvalue weighted by Gasteiger charge is -2.08. The number of carbonyl (C=O) groups is 2. The molecule has 0 aliphatic rings. The largest absolute Gasteiger partial charge is 0.479 e. The van der Waals surface area contributed by atoms with Gasteiger partial charge in [-0.05, 0) is 16.3 Å². The fraction of sp³-hybridized carbons (Fsp3) is 0.250. The summed E-state index contributed by atoms with van der Waals surface area (Å²) in [5, 5.41) is 22.4. The fourth-order valence-electron chi connectivity index (χ4n) is 2.07. The van der Waals surface area contributed by atoms with Crippen molar-refractivity contribution in [2.45, 2.75) is 18.9 Å². The molecule has 0 bridgehead atoms. The molecule has 1 atom stereocenters. The second-order valence-corrected chi connectivity index (χ2v) is 4.85. The lowest BCUT2D eigenvalue weighted by molar-refractivity contribution is -0.147. The normalized spacial score (nSPS) is 12.0. The van der Waals surface area contributed by atoms with Gasteiger partial charge in [-0.3, -0.25) is 4.79 Å². The summed E-state index contributed by atoms with van der Waals surface area (Å²) < 4.78 is 0. The van der Waals surface area contributed by atoms with Crippen LogP contribution in [0.2, 0.25) is 0 Å². The van der Waals surface area contributed by atoms with E-state index in [1.54, 1.807) is 0 Å². The van der Waals surface area contributed by atoms with Crippen LogP contribution >= 0.6 is 0 Å². The van der Waals surface area contributed by atoms with Crippen molar-refractivity contribution in [3.8, 4) is 0 Å². The zero-order valence-corrected chi connectivity index (χ0v) is 11.5. The number of hydrogen-bond donors (Lipinski definition) is 3. The Kier molecular flexibility index (Phi) is 4.90. The topological polar surface area (TPSA) is 86.6 Å². The highest BCUT2D eigenvalue weighted by molar-refractivity contribution is 5.85. The molecule has 21 heavy (non-hydrogen) atoms. The average Bonchev–Trinajstić information content (AvgIpc) is 2.46. The summed E-state index contributed by atoms with van der Waals surface area (Å²) in [7, 11) is 0. The second-order valence-electron chi connectivity index (χ2n) is 4.85. The molecule has 2 aromatic rings. The van der Waals surface area contributed by atoms with Gasteiger partial charge in [0.25, 0.3) is 0 Å². The summed E-state index contributed by atoms with van der Waals surface area (Å²) in [6.07, 6.45) is -1.21. The molecule has 0 aliphatic carbocycles. The number of amides is 1. The van der Waals surface area contributed by atoms with E-state index in [4.69, 9.17) is 10.2 Å². The van der Waals surface area contributed by atoms with Gasteiger partial charge in [-0.25, -0.2) is 4.79 Å². The van der Waals surface area contributed by atoms with E-state index in [2.05, 4.69) is 5.32 Å². The van der Waals surface area contributed by atoms with Crippen LogP contribution in [0, 0.1) is 0 Å². The van der Waals surface area contributed by atoms with Crippen LogP contribution in [0.4, 0.5) is 0 Å². The third-order valence-corrected chi connectivity index (χ3v) is 3.20. The minimum Gasteiger partial charge on any atom is -0.479 e. The summed E-state index contributed by atoms with van der Waals surface area (Å²) in [5.74, 6) is -1.47. The summed E-state index contributed by atoms with van der Waals surface area (Å²) in [6, 6.07) is 13.7. The monoisotopic (exact) mass is 287 g/mol. The van der Waals surface area contributed by atoms with Gasteiger partial charge < -0.3 is 15.5 Å². The van der Waals surface area contributed by atoms with Crippen LogP contribution < -0.4 is 5.32 Å². The quantitative estimate of drug-likeness (QED) is 0.748. The number of aliphatic hydroxyl groups excluding tert-OH is 1. The van der Waals surface area contributed by atoms with Crippen molar-refractivity contribution >= 4 is 22.6 Å². The Hall–Kier alpha value is -2.40. The number of aliphatic hydroxyl groups is 1. The van der Waals surface area contributed by atoms with E-state index in [0.717, 1.165) is 16.3 Å². The molecule has 0 spiro atoms. The van der Waals surface area contributed by atoms with Gasteiger partial charge in [-0.1, -0.05) is 42.5 Å². The first kappa shape index (κ1) is 15.0. The van der Waals surface area contributed by atoms with E-state index in [1.807, 2.05) is 42.5 Å². The Balaban J connectivity index is 1.88. The van der Waals surface area contributed by atoms with Crippen molar-refractivity contribution < 1.29 is 19.8 Å². The van der Waals surface area contributed by atoms with Crippen molar-refractivity contribution in [2.24, 2.45) is 0 Å². The maximum Gasteiger partial charge on any atom is 0.332 e. The van der Waals surface area contributed by atoms with Crippen LogP contribution in [0.3, 0.4) is 0 Å². The SMILES string of the molecule is O=C(Cc1ccc2ccccc2c1)NCCC(O)C(=O)O. The number of hydrogen-bond acceptors (Lipinski definition) is 3. The number of carboxylic acid groups (broad SMARTS) is 1. The molecule has 5 heteroatoms. The molecule has 0 fully saturated rings. The van der Waals surface area contributed by atoms with E-state index in [9.17, 15) is 9.59 Å². The van der Waals surface area contributed by atoms with Gasteiger partial charge in [0.1, 0.15) is 0 Å². The summed E-state index contributed by atoms with van der Waals surface area (Å²) in [6.45, 7) is 0.139. The lowest BCUT2D eigenvalue weighted by Crippen LogP contribution is -2.30. The van der Waals surface area contributed by atoms with Crippen LogP contribution in [0.5, 0.6) is 0 Å². The van der Waals surface area contributed by atoms with Crippen molar-refractivity contribution in [1.29, 1.82) is 0 Å². The minimum atomic E-state index is -1.44. The highest BCUT2D eigenvalue weighted by atomic mass is 16.4. The maximum absolute atomic E-state index is 11.8. The predicted octanol–water partition coefficient (Wildman–Crippen LogP) is 1.33. The number of fused-ring (bicyclic) bond motifs is 1. The number of nitrogens with one attached hydrogen (secondary N) is 1. The Morgan fingerprint density at radius 3 is 2.52 bits per heavy atom. The number of carbonyl (C=O) groups excluding carboxylic acids is 1. The number of aliphatic carboxylic acids is 1. The van der Waals surface area contributed by atoms with E-state index in [1.165, 1.54) is 0 Å². The molecule has 0 aromatic heterocycles. The molecule has 0 saturated heterocycles. The fourth-order valence-corrected chi connectivity index (χ4v) is 2.07. The highest BCUT2D eigenvalue weighted by Crippen LogP contribution is 2.15. The van der Waals surface area contributed by atoms with E-state index < -0.39 is 12.1 Å². The van der Waals surface area contributed by atoms with Crippen LogP contribution in [0.1, 0.15) is 12.0 Å². The standard InChI is InChI=1S/C16H17NO4/c18-14(16(20)21)7-8-17-15(19)10-11-5-6-12-3-1-2-4-13(12)9-11/h1-6,9,14,18H,7-8,10H2,(H,17,19)(H,20,21). The molecular formula is C16H17NO4. The molecule has 2 rings (SSSR count). The molecule has 1 amide bonds. The van der Waals surface area contributed by atoms with Crippen LogP contribution in [0.25, 0.3) is 10.8 Å². The first-order valence-corrected chi connectivity index (χ1v) is 6.71. The van der Waals surface area contributed by atoms with Crippen molar-refractivity contribution in [3.63, 3.8) is 0 Å². The molecule has 0 saturated carbocycles. The Bertz CT molecular complexity index is 654. The molecule has 3 N–H and O–H groups in total. The van der Waals surface area contributed by atoms with Gasteiger partial charge in [-0.2, -0.15) is 0 Å².